The smallest absolute Gasteiger partial charge is 0.213 e. The molecule has 1 saturated heterocycles. The first kappa shape index (κ1) is 15.0. The molecule has 0 radical (unpaired) electrons. The fourth-order valence-corrected chi connectivity index (χ4v) is 3.46. The summed E-state index contributed by atoms with van der Waals surface area (Å²) in [6, 6.07) is 8.90. The molecule has 1 unspecified atom stereocenters. The van der Waals surface area contributed by atoms with E-state index >= 15 is 0 Å². The topological polar surface area (TPSA) is 57.9 Å². The molecule has 1 aromatic carbocycles. The number of ether oxygens (including phenoxy) is 1. The molecule has 24 heavy (non-hydrogen) atoms. The van der Waals surface area contributed by atoms with Crippen molar-refractivity contribution in [1.29, 1.82) is 5.26 Å². The number of aromatic nitrogens is 1. The summed E-state index contributed by atoms with van der Waals surface area (Å²) >= 11 is 0. The third-order valence-corrected chi connectivity index (χ3v) is 4.81. The van der Waals surface area contributed by atoms with E-state index in [1.54, 1.807) is 0 Å². The van der Waals surface area contributed by atoms with Crippen LogP contribution in [0.15, 0.2) is 30.3 Å². The van der Waals surface area contributed by atoms with Gasteiger partial charge < -0.3 is 10.1 Å². The number of hydrogen-bond donors (Lipinski definition) is 1. The Kier molecular flexibility index (Phi) is 3.66. The number of hydrogen-bond acceptors (Lipinski definition) is 4. The Balaban J connectivity index is 1.48. The first-order valence-electron chi connectivity index (χ1n) is 7.86. The number of pyridine rings is 1. The zero-order chi connectivity index (χ0) is 16.7. The van der Waals surface area contributed by atoms with Gasteiger partial charge in [-0.2, -0.15) is 5.26 Å². The molecular weight excluding hydrogens is 312 g/mol. The lowest BCUT2D eigenvalue weighted by Gasteiger charge is -2.10. The molecule has 4 rings (SSSR count). The van der Waals surface area contributed by atoms with Gasteiger partial charge >= 0.3 is 0 Å². The Morgan fingerprint density at radius 2 is 1.96 bits per heavy atom. The highest BCUT2D eigenvalue weighted by atomic mass is 19.1. The molecule has 3 atom stereocenters. The first-order chi connectivity index (χ1) is 11.7. The molecule has 1 aliphatic heterocycles. The van der Waals surface area contributed by atoms with Crippen LogP contribution in [-0.4, -0.2) is 18.1 Å². The van der Waals surface area contributed by atoms with Gasteiger partial charge in [-0.15, -0.1) is 0 Å². The van der Waals surface area contributed by atoms with Crippen molar-refractivity contribution in [3.05, 3.63) is 58.8 Å². The van der Waals surface area contributed by atoms with Crippen LogP contribution in [0.25, 0.3) is 0 Å². The minimum Gasteiger partial charge on any atom is -0.473 e. The van der Waals surface area contributed by atoms with E-state index in [9.17, 15) is 8.78 Å². The molecule has 122 valence electrons. The first-order valence-corrected chi connectivity index (χ1v) is 7.86. The van der Waals surface area contributed by atoms with Crippen molar-refractivity contribution < 1.29 is 13.5 Å². The van der Waals surface area contributed by atoms with Gasteiger partial charge in [-0.3, -0.25) is 0 Å². The molecule has 1 aliphatic carbocycles. The van der Waals surface area contributed by atoms with Crippen LogP contribution in [-0.2, 0) is 6.61 Å². The predicted molar refractivity (Wildman–Crippen MR) is 82.2 cm³/mol. The normalized spacial score (nSPS) is 24.3. The van der Waals surface area contributed by atoms with E-state index in [4.69, 9.17) is 10.00 Å². The summed E-state index contributed by atoms with van der Waals surface area (Å²) in [5.74, 6) is 0.538. The van der Waals surface area contributed by atoms with Crippen molar-refractivity contribution in [3.8, 4) is 11.9 Å². The lowest BCUT2D eigenvalue weighted by molar-refractivity contribution is 0.286. The molecule has 1 saturated carbocycles. The number of benzene rings is 1. The van der Waals surface area contributed by atoms with E-state index in [-0.39, 0.29) is 29.8 Å². The maximum atomic E-state index is 14.0. The van der Waals surface area contributed by atoms with Gasteiger partial charge in [-0.25, -0.2) is 13.8 Å². The summed E-state index contributed by atoms with van der Waals surface area (Å²) in [5, 5.41) is 12.0. The molecule has 6 heteroatoms. The Morgan fingerprint density at radius 1 is 1.17 bits per heavy atom. The van der Waals surface area contributed by atoms with E-state index in [1.807, 2.05) is 6.07 Å². The molecule has 0 spiro atoms. The van der Waals surface area contributed by atoms with Gasteiger partial charge in [0.05, 0.1) is 17.3 Å². The molecule has 2 aromatic rings. The van der Waals surface area contributed by atoms with E-state index in [2.05, 4.69) is 10.3 Å². The Morgan fingerprint density at radius 3 is 2.67 bits per heavy atom. The monoisotopic (exact) mass is 327 g/mol. The van der Waals surface area contributed by atoms with Gasteiger partial charge in [-0.1, -0.05) is 6.07 Å². The fraction of sp³-hybridized carbons (Fsp3) is 0.333. The van der Waals surface area contributed by atoms with Gasteiger partial charge in [0.25, 0.3) is 0 Å². The maximum Gasteiger partial charge on any atom is 0.213 e. The Bertz CT molecular complexity index is 823. The predicted octanol–water partition coefficient (Wildman–Crippen LogP) is 2.74. The van der Waals surface area contributed by atoms with Crippen molar-refractivity contribution in [2.24, 2.45) is 11.8 Å². The summed E-state index contributed by atoms with van der Waals surface area (Å²) in [6.07, 6.45) is 0. The maximum absolute atomic E-state index is 14.0. The third kappa shape index (κ3) is 2.61. The Hall–Kier alpha value is -2.52. The SMILES string of the molecule is N#Cc1ccc(COc2ccc(F)c(C3[C@H]4CNC[C@@H]34)n2)c(F)c1. The van der Waals surface area contributed by atoms with E-state index in [0.29, 0.717) is 23.1 Å². The van der Waals surface area contributed by atoms with Crippen LogP contribution in [0.1, 0.15) is 22.7 Å². The molecule has 4 nitrogen and oxygen atoms in total. The number of halogens is 2. The minimum atomic E-state index is -0.501. The summed E-state index contributed by atoms with van der Waals surface area (Å²) in [7, 11) is 0. The van der Waals surface area contributed by atoms with Crippen LogP contribution in [0.4, 0.5) is 8.78 Å². The average Bonchev–Trinajstić information content (AvgIpc) is 3.05. The van der Waals surface area contributed by atoms with Crippen LogP contribution < -0.4 is 10.1 Å². The van der Waals surface area contributed by atoms with Crippen molar-refractivity contribution in [1.82, 2.24) is 10.3 Å². The summed E-state index contributed by atoms with van der Waals surface area (Å²) < 4.78 is 33.4. The molecule has 0 bridgehead atoms. The van der Waals surface area contributed by atoms with Crippen molar-refractivity contribution >= 4 is 0 Å². The highest BCUT2D eigenvalue weighted by Crippen LogP contribution is 2.55. The van der Waals surface area contributed by atoms with Gasteiger partial charge in [0, 0.05) is 17.5 Å². The number of nitrogens with one attached hydrogen (secondary N) is 1. The van der Waals surface area contributed by atoms with Crippen LogP contribution in [0.2, 0.25) is 0 Å². The van der Waals surface area contributed by atoms with Crippen LogP contribution >= 0.6 is 0 Å². The molecule has 0 amide bonds. The second kappa shape index (κ2) is 5.84. The minimum absolute atomic E-state index is 0.0192. The van der Waals surface area contributed by atoms with Crippen LogP contribution in [0.3, 0.4) is 0 Å². The average molecular weight is 327 g/mol. The molecular formula is C18H15F2N3O. The number of nitriles is 1. The number of fused-ring (bicyclic) bond motifs is 1. The van der Waals surface area contributed by atoms with Crippen LogP contribution in [0.5, 0.6) is 5.88 Å². The molecule has 1 N–H and O–H groups in total. The van der Waals surface area contributed by atoms with E-state index in [0.717, 1.165) is 13.1 Å². The van der Waals surface area contributed by atoms with Crippen molar-refractivity contribution in [2.45, 2.75) is 12.5 Å². The van der Waals surface area contributed by atoms with Crippen LogP contribution in [0, 0.1) is 34.8 Å². The largest absolute Gasteiger partial charge is 0.473 e. The lowest BCUT2D eigenvalue weighted by atomic mass is 10.1. The number of piperidine rings is 1. The van der Waals surface area contributed by atoms with Crippen molar-refractivity contribution in [3.63, 3.8) is 0 Å². The summed E-state index contributed by atoms with van der Waals surface area (Å²) in [5.41, 5.74) is 1.03. The number of rotatable bonds is 4. The third-order valence-electron chi connectivity index (χ3n) is 4.81. The fourth-order valence-electron chi connectivity index (χ4n) is 3.46. The molecule has 2 aliphatic rings. The molecule has 1 aromatic heterocycles. The summed E-state index contributed by atoms with van der Waals surface area (Å²) in [4.78, 5) is 4.30. The molecule has 2 fully saturated rings. The van der Waals surface area contributed by atoms with Gasteiger partial charge in [0.1, 0.15) is 18.2 Å². The zero-order valence-electron chi connectivity index (χ0n) is 12.8. The Labute approximate surface area is 138 Å². The van der Waals surface area contributed by atoms with E-state index in [1.165, 1.54) is 30.3 Å². The highest BCUT2D eigenvalue weighted by Gasteiger charge is 2.55. The second-order valence-corrected chi connectivity index (χ2v) is 6.23. The zero-order valence-corrected chi connectivity index (χ0v) is 12.8. The quantitative estimate of drug-likeness (QED) is 0.938. The van der Waals surface area contributed by atoms with E-state index < -0.39 is 5.82 Å². The molecule has 2 heterocycles. The summed E-state index contributed by atoms with van der Waals surface area (Å²) in [6.45, 7) is 1.78. The highest BCUT2D eigenvalue weighted by molar-refractivity contribution is 5.33. The van der Waals surface area contributed by atoms with Gasteiger partial charge in [-0.05, 0) is 43.1 Å². The number of nitrogens with zero attached hydrogens (tertiary/aromatic N) is 2. The standard InChI is InChI=1S/C18H15F2N3O/c19-14-3-4-16(23-18(14)17-12-7-22-8-13(12)17)24-9-11-2-1-10(6-21)5-15(11)20/h1-5,12-13,17,22H,7-9H2/t12-,13+,17?. The lowest BCUT2D eigenvalue weighted by Crippen LogP contribution is -2.15. The van der Waals surface area contributed by atoms with Gasteiger partial charge in [0.15, 0.2) is 0 Å². The second-order valence-electron chi connectivity index (χ2n) is 6.23. The van der Waals surface area contributed by atoms with Crippen molar-refractivity contribution in [2.75, 3.05) is 13.1 Å². The van der Waals surface area contributed by atoms with Gasteiger partial charge in [0.2, 0.25) is 5.88 Å².